The minimum absolute atomic E-state index is 0.172. The van der Waals surface area contributed by atoms with Crippen molar-refractivity contribution in [2.75, 3.05) is 13.6 Å². The summed E-state index contributed by atoms with van der Waals surface area (Å²) in [7, 11) is 1.71. The molecule has 0 saturated heterocycles. The molecule has 0 bridgehead atoms. The SMILES string of the molecule is CC[C@]1(c2cccc(C(F)(F)F)c2)C2=CN=NC2NC2=C1C(=O)N(C)CC2. The van der Waals surface area contributed by atoms with Crippen LogP contribution in [0.5, 0.6) is 0 Å². The van der Waals surface area contributed by atoms with E-state index in [0.717, 1.165) is 17.8 Å². The van der Waals surface area contributed by atoms with Crippen molar-refractivity contribution < 1.29 is 18.0 Å². The van der Waals surface area contributed by atoms with Crippen LogP contribution in [-0.2, 0) is 16.4 Å². The monoisotopic (exact) mass is 376 g/mol. The predicted molar refractivity (Wildman–Crippen MR) is 92.6 cm³/mol. The van der Waals surface area contributed by atoms with Crippen LogP contribution in [0.3, 0.4) is 0 Å². The minimum Gasteiger partial charge on any atom is -0.362 e. The molecule has 27 heavy (non-hydrogen) atoms. The molecule has 0 saturated carbocycles. The minimum atomic E-state index is -4.46. The van der Waals surface area contributed by atoms with Crippen molar-refractivity contribution >= 4 is 5.91 Å². The van der Waals surface area contributed by atoms with Gasteiger partial charge in [-0.05, 0) is 18.1 Å². The summed E-state index contributed by atoms with van der Waals surface area (Å²) in [5, 5.41) is 11.4. The molecule has 0 aromatic heterocycles. The Morgan fingerprint density at radius 2 is 2.15 bits per heavy atom. The van der Waals surface area contributed by atoms with Crippen LogP contribution in [0.4, 0.5) is 13.2 Å². The van der Waals surface area contributed by atoms with E-state index in [-0.39, 0.29) is 5.91 Å². The number of azo groups is 1. The number of nitrogens with zero attached hydrogens (tertiary/aromatic N) is 3. The molecule has 3 heterocycles. The molecule has 4 rings (SSSR count). The topological polar surface area (TPSA) is 57.1 Å². The maximum absolute atomic E-state index is 13.4. The molecular weight excluding hydrogens is 357 g/mol. The second kappa shape index (κ2) is 5.94. The number of carbonyl (C=O) groups excluding carboxylic acids is 1. The van der Waals surface area contributed by atoms with Gasteiger partial charge in [-0.1, -0.05) is 25.1 Å². The van der Waals surface area contributed by atoms with Gasteiger partial charge in [0.05, 0.1) is 22.8 Å². The van der Waals surface area contributed by atoms with E-state index in [1.807, 2.05) is 6.92 Å². The lowest BCUT2D eigenvalue weighted by atomic mass is 9.62. The van der Waals surface area contributed by atoms with Crippen molar-refractivity contribution in [3.8, 4) is 0 Å². The normalized spacial score (nSPS) is 27.3. The zero-order valence-electron chi connectivity index (χ0n) is 15.0. The van der Waals surface area contributed by atoms with Gasteiger partial charge in [0.15, 0.2) is 6.17 Å². The maximum atomic E-state index is 13.4. The largest absolute Gasteiger partial charge is 0.416 e. The standard InChI is InChI=1S/C19H19F3N4O/c1-3-18(11-5-4-6-12(9-11)19(20,21)22)13-10-23-25-16(13)24-14-7-8-26(2)17(27)15(14)18/h4-6,9-10,16,24H,3,7-8H2,1-2H3/t16?,18-/m0/s1. The van der Waals surface area contributed by atoms with Crippen molar-refractivity contribution in [2.45, 2.75) is 37.5 Å². The lowest BCUT2D eigenvalue weighted by molar-refractivity contribution is -0.137. The van der Waals surface area contributed by atoms with Gasteiger partial charge in [-0.3, -0.25) is 4.79 Å². The second-order valence-electron chi connectivity index (χ2n) is 7.03. The van der Waals surface area contributed by atoms with Crippen LogP contribution in [0, 0.1) is 0 Å². The average Bonchev–Trinajstić information content (AvgIpc) is 3.11. The number of likely N-dealkylation sites (N-methyl/N-ethyl adjacent to an activating group) is 1. The van der Waals surface area contributed by atoms with Crippen LogP contribution in [0.25, 0.3) is 0 Å². The van der Waals surface area contributed by atoms with Crippen molar-refractivity contribution in [2.24, 2.45) is 10.2 Å². The maximum Gasteiger partial charge on any atom is 0.416 e. The molecule has 1 N–H and O–H groups in total. The van der Waals surface area contributed by atoms with E-state index in [1.165, 1.54) is 6.07 Å². The Morgan fingerprint density at radius 3 is 2.85 bits per heavy atom. The van der Waals surface area contributed by atoms with Crippen molar-refractivity contribution in [1.29, 1.82) is 0 Å². The van der Waals surface area contributed by atoms with Gasteiger partial charge >= 0.3 is 6.18 Å². The summed E-state index contributed by atoms with van der Waals surface area (Å²) in [5.41, 5.74) is 0.706. The van der Waals surface area contributed by atoms with Crippen LogP contribution in [0.1, 0.15) is 30.9 Å². The number of alkyl halides is 3. The number of rotatable bonds is 2. The summed E-state index contributed by atoms with van der Waals surface area (Å²) in [6.07, 6.45) is -2.29. The molecular formula is C19H19F3N4O. The van der Waals surface area contributed by atoms with Crippen LogP contribution in [0.2, 0.25) is 0 Å². The number of amides is 1. The van der Waals surface area contributed by atoms with E-state index in [2.05, 4.69) is 15.5 Å². The summed E-state index contributed by atoms with van der Waals surface area (Å²) >= 11 is 0. The Bertz CT molecular complexity index is 902. The smallest absolute Gasteiger partial charge is 0.362 e. The molecule has 8 heteroatoms. The summed E-state index contributed by atoms with van der Waals surface area (Å²) in [5.74, 6) is -0.172. The molecule has 1 unspecified atom stereocenters. The Morgan fingerprint density at radius 1 is 1.37 bits per heavy atom. The predicted octanol–water partition coefficient (Wildman–Crippen LogP) is 3.75. The van der Waals surface area contributed by atoms with Crippen LogP contribution in [-0.4, -0.2) is 30.6 Å². The van der Waals surface area contributed by atoms with Gasteiger partial charge in [0.2, 0.25) is 0 Å². The van der Waals surface area contributed by atoms with Crippen molar-refractivity contribution in [3.05, 3.63) is 58.4 Å². The molecule has 2 atom stereocenters. The molecule has 142 valence electrons. The number of carbonyl (C=O) groups is 1. The fraction of sp³-hybridized carbons (Fsp3) is 0.421. The number of hydrogen-bond donors (Lipinski definition) is 1. The van der Waals surface area contributed by atoms with Gasteiger partial charge in [-0.25, -0.2) is 0 Å². The van der Waals surface area contributed by atoms with E-state index in [1.54, 1.807) is 24.2 Å². The quantitative estimate of drug-likeness (QED) is 0.855. The van der Waals surface area contributed by atoms with E-state index in [4.69, 9.17) is 0 Å². The van der Waals surface area contributed by atoms with E-state index < -0.39 is 23.3 Å². The van der Waals surface area contributed by atoms with Crippen LogP contribution < -0.4 is 5.32 Å². The van der Waals surface area contributed by atoms with Gasteiger partial charge in [-0.15, -0.1) is 0 Å². The molecule has 0 aliphatic carbocycles. The Balaban J connectivity index is 1.99. The Hall–Kier alpha value is -2.64. The van der Waals surface area contributed by atoms with Gasteiger partial charge in [0, 0.05) is 31.3 Å². The molecule has 3 aliphatic heterocycles. The third-order valence-corrected chi connectivity index (χ3v) is 5.68. The van der Waals surface area contributed by atoms with Gasteiger partial charge in [0.1, 0.15) is 0 Å². The van der Waals surface area contributed by atoms with Gasteiger partial charge in [-0.2, -0.15) is 23.4 Å². The zero-order chi connectivity index (χ0) is 19.4. The highest BCUT2D eigenvalue weighted by atomic mass is 19.4. The van der Waals surface area contributed by atoms with E-state index in [9.17, 15) is 18.0 Å². The highest BCUT2D eigenvalue weighted by molar-refractivity contribution is 5.99. The summed E-state index contributed by atoms with van der Waals surface area (Å²) in [6.45, 7) is 2.43. The van der Waals surface area contributed by atoms with Crippen molar-refractivity contribution in [1.82, 2.24) is 10.2 Å². The average molecular weight is 376 g/mol. The van der Waals surface area contributed by atoms with Crippen molar-refractivity contribution in [3.63, 3.8) is 0 Å². The first kappa shape index (κ1) is 17.8. The number of nitrogens with one attached hydrogen (secondary N) is 1. The Kier molecular flexibility index (Phi) is 3.90. The fourth-order valence-corrected chi connectivity index (χ4v) is 4.32. The highest BCUT2D eigenvalue weighted by Crippen LogP contribution is 2.51. The third kappa shape index (κ3) is 2.49. The first-order valence-corrected chi connectivity index (χ1v) is 8.83. The summed E-state index contributed by atoms with van der Waals surface area (Å²) < 4.78 is 40.1. The number of halogens is 3. The first-order chi connectivity index (χ1) is 12.8. The van der Waals surface area contributed by atoms with Gasteiger partial charge < -0.3 is 10.2 Å². The molecule has 0 spiro atoms. The lowest BCUT2D eigenvalue weighted by Crippen LogP contribution is -2.53. The van der Waals surface area contributed by atoms with Crippen LogP contribution in [0.15, 0.2) is 57.5 Å². The van der Waals surface area contributed by atoms with E-state index >= 15 is 0 Å². The van der Waals surface area contributed by atoms with Gasteiger partial charge in [0.25, 0.3) is 5.91 Å². The lowest BCUT2D eigenvalue weighted by Gasteiger charge is -2.46. The number of fused-ring (bicyclic) bond motifs is 1. The number of hydrogen-bond acceptors (Lipinski definition) is 4. The summed E-state index contributed by atoms with van der Waals surface area (Å²) in [4.78, 5) is 14.7. The molecule has 1 aromatic carbocycles. The molecule has 5 nitrogen and oxygen atoms in total. The fourth-order valence-electron chi connectivity index (χ4n) is 4.32. The first-order valence-electron chi connectivity index (χ1n) is 8.83. The molecule has 0 radical (unpaired) electrons. The third-order valence-electron chi connectivity index (χ3n) is 5.68. The van der Waals surface area contributed by atoms with Crippen LogP contribution >= 0.6 is 0 Å². The zero-order valence-corrected chi connectivity index (χ0v) is 15.0. The molecule has 1 amide bonds. The summed E-state index contributed by atoms with van der Waals surface area (Å²) in [6, 6.07) is 5.26. The molecule has 3 aliphatic rings. The molecule has 1 aromatic rings. The van der Waals surface area contributed by atoms with E-state index in [0.29, 0.717) is 36.1 Å². The second-order valence-corrected chi connectivity index (χ2v) is 7.03. The Labute approximate surface area is 154 Å². The highest BCUT2D eigenvalue weighted by Gasteiger charge is 2.52. The molecule has 0 fully saturated rings. The number of benzene rings is 1.